The Morgan fingerprint density at radius 1 is 1.43 bits per heavy atom. The molecule has 0 aromatic heterocycles. The topological polar surface area (TPSA) is 49.4 Å². The zero-order valence-electron chi connectivity index (χ0n) is 12.3. The molecule has 1 aliphatic heterocycles. The molecular weight excluding hydrogens is 315 g/mol. The van der Waals surface area contributed by atoms with E-state index in [0.717, 1.165) is 24.9 Å². The van der Waals surface area contributed by atoms with Crippen molar-refractivity contribution in [2.24, 2.45) is 5.92 Å². The van der Waals surface area contributed by atoms with Gasteiger partial charge >= 0.3 is 0 Å². The van der Waals surface area contributed by atoms with Gasteiger partial charge in [-0.1, -0.05) is 6.07 Å². The predicted octanol–water partition coefficient (Wildman–Crippen LogP) is 2.18. The zero-order valence-corrected chi connectivity index (χ0v) is 13.9. The molecule has 120 valence electrons. The molecule has 0 amide bonds. The summed E-state index contributed by atoms with van der Waals surface area (Å²) in [4.78, 5) is -0.206. The third-order valence-electron chi connectivity index (χ3n) is 3.68. The Morgan fingerprint density at radius 3 is 2.81 bits per heavy atom. The first kappa shape index (κ1) is 18.4. The molecule has 0 radical (unpaired) electrons. The zero-order chi connectivity index (χ0) is 14.8. The average molecular weight is 337 g/mol. The molecule has 1 atom stereocenters. The first-order valence-electron chi connectivity index (χ1n) is 6.86. The van der Waals surface area contributed by atoms with Gasteiger partial charge in [0.15, 0.2) is 0 Å². The minimum atomic E-state index is -3.74. The summed E-state index contributed by atoms with van der Waals surface area (Å²) in [6, 6.07) is 4.21. The molecule has 1 heterocycles. The second kappa shape index (κ2) is 7.54. The van der Waals surface area contributed by atoms with Gasteiger partial charge in [0.1, 0.15) is 10.7 Å². The van der Waals surface area contributed by atoms with Gasteiger partial charge in [-0.3, -0.25) is 0 Å². The van der Waals surface area contributed by atoms with Gasteiger partial charge in [0.25, 0.3) is 0 Å². The Morgan fingerprint density at radius 2 is 2.14 bits per heavy atom. The van der Waals surface area contributed by atoms with Crippen LogP contribution in [0.3, 0.4) is 0 Å². The second-order valence-corrected chi connectivity index (χ2v) is 7.27. The molecule has 1 unspecified atom stereocenters. The maximum absolute atomic E-state index is 13.8. The molecule has 4 nitrogen and oxygen atoms in total. The molecule has 1 fully saturated rings. The highest BCUT2D eigenvalue weighted by Gasteiger charge is 2.31. The van der Waals surface area contributed by atoms with Gasteiger partial charge in [-0.05, 0) is 57.0 Å². The van der Waals surface area contributed by atoms with Crippen LogP contribution in [0.5, 0.6) is 0 Å². The van der Waals surface area contributed by atoms with E-state index < -0.39 is 15.8 Å². The average Bonchev–Trinajstić information content (AvgIpc) is 2.42. The molecule has 2 rings (SSSR count). The van der Waals surface area contributed by atoms with Crippen molar-refractivity contribution >= 4 is 22.4 Å². The van der Waals surface area contributed by atoms with E-state index in [0.29, 0.717) is 13.1 Å². The Hall–Kier alpha value is -0.690. The fourth-order valence-corrected chi connectivity index (χ4v) is 4.35. The van der Waals surface area contributed by atoms with Crippen LogP contribution in [-0.4, -0.2) is 39.4 Å². The summed E-state index contributed by atoms with van der Waals surface area (Å²) >= 11 is 0. The summed E-state index contributed by atoms with van der Waals surface area (Å²) in [5, 5.41) is 3.07. The van der Waals surface area contributed by atoms with Crippen LogP contribution >= 0.6 is 12.4 Å². The molecule has 1 aliphatic rings. The molecule has 1 N–H and O–H groups in total. The number of hydrogen-bond donors (Lipinski definition) is 1. The van der Waals surface area contributed by atoms with Crippen LogP contribution in [0, 0.1) is 18.7 Å². The monoisotopic (exact) mass is 336 g/mol. The maximum Gasteiger partial charge on any atom is 0.246 e. The van der Waals surface area contributed by atoms with E-state index in [1.54, 1.807) is 13.0 Å². The highest BCUT2D eigenvalue weighted by molar-refractivity contribution is 7.89. The van der Waals surface area contributed by atoms with Crippen molar-refractivity contribution in [3.05, 3.63) is 29.6 Å². The Bertz CT molecular complexity index is 578. The minimum Gasteiger partial charge on any atom is -0.319 e. The van der Waals surface area contributed by atoms with Gasteiger partial charge in [-0.2, -0.15) is 4.31 Å². The lowest BCUT2D eigenvalue weighted by atomic mass is 10.00. The van der Waals surface area contributed by atoms with E-state index in [9.17, 15) is 12.8 Å². The van der Waals surface area contributed by atoms with Crippen molar-refractivity contribution in [1.29, 1.82) is 0 Å². The lowest BCUT2D eigenvalue weighted by Crippen LogP contribution is -2.42. The Labute approximate surface area is 132 Å². The molecule has 1 aromatic carbocycles. The van der Waals surface area contributed by atoms with Crippen molar-refractivity contribution in [3.63, 3.8) is 0 Å². The molecule has 1 saturated heterocycles. The van der Waals surface area contributed by atoms with Crippen LogP contribution in [0.2, 0.25) is 0 Å². The highest BCUT2D eigenvalue weighted by Crippen LogP contribution is 2.25. The van der Waals surface area contributed by atoms with E-state index in [2.05, 4.69) is 5.32 Å². The minimum absolute atomic E-state index is 0. The first-order chi connectivity index (χ1) is 9.45. The highest BCUT2D eigenvalue weighted by atomic mass is 35.5. The van der Waals surface area contributed by atoms with Crippen molar-refractivity contribution in [1.82, 2.24) is 9.62 Å². The fourth-order valence-electron chi connectivity index (χ4n) is 2.65. The number of nitrogens with one attached hydrogen (secondary N) is 1. The summed E-state index contributed by atoms with van der Waals surface area (Å²) in [5.41, 5.74) is 0.744. The van der Waals surface area contributed by atoms with Crippen LogP contribution in [0.1, 0.15) is 18.4 Å². The van der Waals surface area contributed by atoms with Crippen LogP contribution in [0.15, 0.2) is 23.1 Å². The van der Waals surface area contributed by atoms with Crippen molar-refractivity contribution in [2.75, 3.05) is 26.7 Å². The van der Waals surface area contributed by atoms with Crippen molar-refractivity contribution in [3.8, 4) is 0 Å². The summed E-state index contributed by atoms with van der Waals surface area (Å²) in [7, 11) is -1.88. The van der Waals surface area contributed by atoms with E-state index in [-0.39, 0.29) is 23.2 Å². The quantitative estimate of drug-likeness (QED) is 0.916. The smallest absolute Gasteiger partial charge is 0.246 e. The number of piperidine rings is 1. The normalized spacial score (nSPS) is 20.0. The summed E-state index contributed by atoms with van der Waals surface area (Å²) in [6.07, 6.45) is 1.82. The lowest BCUT2D eigenvalue weighted by molar-refractivity contribution is 0.263. The van der Waals surface area contributed by atoms with Gasteiger partial charge in [-0.25, -0.2) is 12.8 Å². The van der Waals surface area contributed by atoms with Crippen LogP contribution in [0.25, 0.3) is 0 Å². The number of sulfonamides is 1. The van der Waals surface area contributed by atoms with E-state index in [4.69, 9.17) is 0 Å². The number of nitrogens with zero attached hydrogens (tertiary/aromatic N) is 1. The molecule has 0 aliphatic carbocycles. The van der Waals surface area contributed by atoms with Crippen LogP contribution < -0.4 is 5.32 Å². The first-order valence-corrected chi connectivity index (χ1v) is 8.30. The number of benzene rings is 1. The van der Waals surface area contributed by atoms with E-state index in [1.807, 2.05) is 7.05 Å². The Kier molecular flexibility index (Phi) is 6.59. The van der Waals surface area contributed by atoms with Gasteiger partial charge < -0.3 is 5.32 Å². The van der Waals surface area contributed by atoms with Gasteiger partial charge in [0, 0.05) is 13.1 Å². The third kappa shape index (κ3) is 4.16. The fraction of sp³-hybridized carbons (Fsp3) is 0.571. The van der Waals surface area contributed by atoms with Gasteiger partial charge in [0.2, 0.25) is 10.0 Å². The van der Waals surface area contributed by atoms with Gasteiger partial charge in [0.05, 0.1) is 0 Å². The summed E-state index contributed by atoms with van der Waals surface area (Å²) < 4.78 is 40.4. The molecule has 7 heteroatoms. The Balaban J connectivity index is 0.00000220. The molecule has 0 saturated carbocycles. The second-order valence-electron chi connectivity index (χ2n) is 5.36. The van der Waals surface area contributed by atoms with E-state index >= 15 is 0 Å². The number of rotatable bonds is 4. The molecule has 0 spiro atoms. The third-order valence-corrected chi connectivity index (χ3v) is 5.56. The standard InChI is InChI=1S/C14H21FN2O2S.ClH/c1-11-5-6-13(15)14(8-11)20(18,19)17-7-3-4-12(10-17)9-16-2;/h5-6,8,12,16H,3-4,7,9-10H2,1-2H3;1H. The molecule has 21 heavy (non-hydrogen) atoms. The number of aryl methyl sites for hydroxylation is 1. The molecular formula is C14H22ClFN2O2S. The maximum atomic E-state index is 13.8. The van der Waals surface area contributed by atoms with Crippen molar-refractivity contribution < 1.29 is 12.8 Å². The predicted molar refractivity (Wildman–Crippen MR) is 83.8 cm³/mol. The van der Waals surface area contributed by atoms with Crippen LogP contribution in [0.4, 0.5) is 4.39 Å². The summed E-state index contributed by atoms with van der Waals surface area (Å²) in [5.74, 6) is -0.386. The SMILES string of the molecule is CNCC1CCCN(S(=O)(=O)c2cc(C)ccc2F)C1.Cl. The lowest BCUT2D eigenvalue weighted by Gasteiger charge is -2.32. The van der Waals surface area contributed by atoms with E-state index in [1.165, 1.54) is 16.4 Å². The molecule has 1 aromatic rings. The van der Waals surface area contributed by atoms with Gasteiger partial charge in [-0.15, -0.1) is 12.4 Å². The molecule has 0 bridgehead atoms. The van der Waals surface area contributed by atoms with Crippen molar-refractivity contribution in [2.45, 2.75) is 24.7 Å². The number of halogens is 2. The van der Waals surface area contributed by atoms with Crippen LogP contribution in [-0.2, 0) is 10.0 Å². The largest absolute Gasteiger partial charge is 0.319 e. The number of hydrogen-bond acceptors (Lipinski definition) is 3. The summed E-state index contributed by atoms with van der Waals surface area (Å²) in [6.45, 7) is 3.47.